The molecular weight excluding hydrogens is 114 g/mol. The van der Waals surface area contributed by atoms with E-state index in [9.17, 15) is 0 Å². The first-order valence-corrected chi connectivity index (χ1v) is 3.67. The van der Waals surface area contributed by atoms with Crippen LogP contribution in [-0.4, -0.2) is 17.8 Å². The highest BCUT2D eigenvalue weighted by Gasteiger charge is 1.98. The average molecular weight is 131 g/mol. The van der Waals surface area contributed by atoms with E-state index in [1.54, 1.807) is 0 Å². The normalized spacial score (nSPS) is 13.7. The van der Waals surface area contributed by atoms with Crippen LogP contribution in [-0.2, 0) is 0 Å². The van der Waals surface area contributed by atoms with Crippen molar-refractivity contribution in [2.45, 2.75) is 38.6 Å². The highest BCUT2D eigenvalue weighted by Crippen LogP contribution is 2.00. The number of rotatable bonds is 5. The van der Waals surface area contributed by atoms with Crippen LogP contribution in [0.5, 0.6) is 0 Å². The third kappa shape index (κ3) is 5.80. The second kappa shape index (κ2) is 6.05. The molecule has 0 fully saturated rings. The van der Waals surface area contributed by atoms with Crippen LogP contribution in [0.15, 0.2) is 0 Å². The van der Waals surface area contributed by atoms with Crippen LogP contribution in [0, 0.1) is 0 Å². The Morgan fingerprint density at radius 3 is 2.56 bits per heavy atom. The topological polar surface area (TPSA) is 46.2 Å². The van der Waals surface area contributed by atoms with Crippen LogP contribution >= 0.6 is 0 Å². The molecule has 0 bridgehead atoms. The fourth-order valence-electron chi connectivity index (χ4n) is 0.869. The van der Waals surface area contributed by atoms with E-state index in [0.29, 0.717) is 6.04 Å². The van der Waals surface area contributed by atoms with Gasteiger partial charge >= 0.3 is 0 Å². The summed E-state index contributed by atoms with van der Waals surface area (Å²) in [6.45, 7) is 2.40. The molecule has 0 aromatic rings. The third-order valence-electron chi connectivity index (χ3n) is 1.39. The molecule has 0 spiro atoms. The van der Waals surface area contributed by atoms with Crippen LogP contribution in [0.1, 0.15) is 32.6 Å². The molecule has 9 heavy (non-hydrogen) atoms. The molecule has 0 aromatic heterocycles. The molecule has 0 radical (unpaired) electrons. The van der Waals surface area contributed by atoms with Crippen molar-refractivity contribution in [2.75, 3.05) is 6.61 Å². The summed E-state index contributed by atoms with van der Waals surface area (Å²) in [6.07, 6.45) is 4.04. The molecule has 0 rings (SSSR count). The van der Waals surface area contributed by atoms with Crippen LogP contribution < -0.4 is 5.73 Å². The summed E-state index contributed by atoms with van der Waals surface area (Å²) in [6, 6.07) is 0.308. The quantitative estimate of drug-likeness (QED) is 0.582. The van der Waals surface area contributed by atoms with Crippen LogP contribution in [0.25, 0.3) is 0 Å². The smallest absolute Gasteiger partial charge is 0.0431 e. The molecule has 0 heterocycles. The molecule has 2 nitrogen and oxygen atoms in total. The van der Waals surface area contributed by atoms with E-state index in [2.05, 4.69) is 6.92 Å². The van der Waals surface area contributed by atoms with Crippen molar-refractivity contribution in [2.24, 2.45) is 5.73 Å². The number of nitrogens with two attached hydrogens (primary N) is 1. The summed E-state index contributed by atoms with van der Waals surface area (Å²) in [4.78, 5) is 0. The Hall–Kier alpha value is -0.0800. The number of aliphatic hydroxyl groups excluding tert-OH is 1. The molecule has 56 valence electrons. The Labute approximate surface area is 57.1 Å². The maximum Gasteiger partial charge on any atom is 0.0431 e. The van der Waals surface area contributed by atoms with Gasteiger partial charge in [0.05, 0.1) is 0 Å². The molecule has 1 atom stereocenters. The molecule has 2 heteroatoms. The molecular formula is C7H17NO. The van der Waals surface area contributed by atoms with Gasteiger partial charge in [-0.1, -0.05) is 13.3 Å². The van der Waals surface area contributed by atoms with Crippen molar-refractivity contribution < 1.29 is 5.11 Å². The zero-order valence-electron chi connectivity index (χ0n) is 6.14. The maximum absolute atomic E-state index is 8.43. The average Bonchev–Trinajstić information content (AvgIpc) is 1.85. The predicted octanol–water partition coefficient (Wildman–Crippen LogP) is 0.886. The summed E-state index contributed by atoms with van der Waals surface area (Å²) in [7, 11) is 0. The van der Waals surface area contributed by atoms with Gasteiger partial charge in [0, 0.05) is 12.6 Å². The van der Waals surface area contributed by atoms with Gasteiger partial charge in [0.1, 0.15) is 0 Å². The second-order valence-electron chi connectivity index (χ2n) is 2.41. The van der Waals surface area contributed by atoms with Crippen molar-refractivity contribution in [3.8, 4) is 0 Å². The molecule has 0 aliphatic rings. The molecule has 0 aliphatic carbocycles. The fourth-order valence-corrected chi connectivity index (χ4v) is 0.869. The highest BCUT2D eigenvalue weighted by atomic mass is 16.2. The first-order chi connectivity index (χ1) is 4.31. The Kier molecular flexibility index (Phi) is 5.99. The van der Waals surface area contributed by atoms with Crippen molar-refractivity contribution in [3.05, 3.63) is 0 Å². The monoisotopic (exact) mass is 131 g/mol. The third-order valence-corrected chi connectivity index (χ3v) is 1.39. The standard InChI is InChI=1S/C7H17NO/c1-2-4-7(8)5-3-6-9/h7,9H,2-6,8H2,1H3. The maximum atomic E-state index is 8.43. The van der Waals surface area contributed by atoms with Gasteiger partial charge in [0.25, 0.3) is 0 Å². The lowest BCUT2D eigenvalue weighted by molar-refractivity contribution is 0.278. The van der Waals surface area contributed by atoms with Gasteiger partial charge < -0.3 is 10.8 Å². The van der Waals surface area contributed by atoms with E-state index in [-0.39, 0.29) is 6.61 Å². The highest BCUT2D eigenvalue weighted by molar-refractivity contribution is 4.58. The second-order valence-corrected chi connectivity index (χ2v) is 2.41. The van der Waals surface area contributed by atoms with Gasteiger partial charge in [-0.05, 0) is 19.3 Å². The number of aliphatic hydroxyl groups is 1. The Balaban J connectivity index is 2.95. The molecule has 0 aliphatic heterocycles. The summed E-state index contributed by atoms with van der Waals surface area (Å²) in [5.74, 6) is 0. The summed E-state index contributed by atoms with van der Waals surface area (Å²) >= 11 is 0. The van der Waals surface area contributed by atoms with Gasteiger partial charge in [-0.2, -0.15) is 0 Å². The van der Waals surface area contributed by atoms with Crippen LogP contribution in [0.4, 0.5) is 0 Å². The molecule has 3 N–H and O–H groups in total. The fraction of sp³-hybridized carbons (Fsp3) is 1.00. The van der Waals surface area contributed by atoms with Crippen LogP contribution in [0.3, 0.4) is 0 Å². The lowest BCUT2D eigenvalue weighted by atomic mass is 10.1. The van der Waals surface area contributed by atoms with E-state index >= 15 is 0 Å². The van der Waals surface area contributed by atoms with Crippen LogP contribution in [0.2, 0.25) is 0 Å². The van der Waals surface area contributed by atoms with Gasteiger partial charge in [-0.25, -0.2) is 0 Å². The Morgan fingerprint density at radius 1 is 1.44 bits per heavy atom. The Morgan fingerprint density at radius 2 is 2.11 bits per heavy atom. The first-order valence-electron chi connectivity index (χ1n) is 3.67. The zero-order valence-corrected chi connectivity index (χ0v) is 6.14. The summed E-state index contributed by atoms with van der Waals surface area (Å²) in [5.41, 5.74) is 5.66. The summed E-state index contributed by atoms with van der Waals surface area (Å²) in [5, 5.41) is 8.43. The molecule has 0 saturated carbocycles. The van der Waals surface area contributed by atoms with E-state index in [4.69, 9.17) is 10.8 Å². The molecule has 0 aromatic carbocycles. The first kappa shape index (κ1) is 8.92. The Bertz CT molecular complexity index is 56.9. The minimum atomic E-state index is 0.275. The van der Waals surface area contributed by atoms with Gasteiger partial charge in [-0.15, -0.1) is 0 Å². The van der Waals surface area contributed by atoms with E-state index in [1.807, 2.05) is 0 Å². The largest absolute Gasteiger partial charge is 0.396 e. The van der Waals surface area contributed by atoms with E-state index in [0.717, 1.165) is 25.7 Å². The lowest BCUT2D eigenvalue weighted by Crippen LogP contribution is -2.19. The minimum Gasteiger partial charge on any atom is -0.396 e. The lowest BCUT2D eigenvalue weighted by Gasteiger charge is -2.07. The van der Waals surface area contributed by atoms with Crippen molar-refractivity contribution in [3.63, 3.8) is 0 Å². The molecule has 0 amide bonds. The van der Waals surface area contributed by atoms with E-state index in [1.165, 1.54) is 0 Å². The predicted molar refractivity (Wildman–Crippen MR) is 39.2 cm³/mol. The number of hydrogen-bond acceptors (Lipinski definition) is 2. The zero-order chi connectivity index (χ0) is 7.11. The van der Waals surface area contributed by atoms with Gasteiger partial charge in [-0.3, -0.25) is 0 Å². The van der Waals surface area contributed by atoms with Gasteiger partial charge in [0.15, 0.2) is 0 Å². The molecule has 1 unspecified atom stereocenters. The summed E-state index contributed by atoms with van der Waals surface area (Å²) < 4.78 is 0. The minimum absolute atomic E-state index is 0.275. The van der Waals surface area contributed by atoms with Crippen molar-refractivity contribution >= 4 is 0 Å². The molecule has 0 saturated heterocycles. The van der Waals surface area contributed by atoms with Gasteiger partial charge in [0.2, 0.25) is 0 Å². The van der Waals surface area contributed by atoms with Crippen molar-refractivity contribution in [1.82, 2.24) is 0 Å². The van der Waals surface area contributed by atoms with Crippen molar-refractivity contribution in [1.29, 1.82) is 0 Å². The SMILES string of the molecule is CCCC(N)CCCO. The number of hydrogen-bond donors (Lipinski definition) is 2. The van der Waals surface area contributed by atoms with E-state index < -0.39 is 0 Å².